The van der Waals surface area contributed by atoms with Gasteiger partial charge in [0.25, 0.3) is 0 Å². The molecule has 4 heteroatoms. The van der Waals surface area contributed by atoms with Gasteiger partial charge in [0.15, 0.2) is 0 Å². The van der Waals surface area contributed by atoms with Gasteiger partial charge in [-0.25, -0.2) is 4.39 Å². The van der Waals surface area contributed by atoms with Crippen LogP contribution in [-0.4, -0.2) is 0 Å². The molecule has 0 saturated heterocycles. The van der Waals surface area contributed by atoms with Gasteiger partial charge < -0.3 is 0 Å². The van der Waals surface area contributed by atoms with E-state index in [1.54, 1.807) is 6.07 Å². The standard InChI is InChI=1S/C12H14BrFN2/c1-2-3-4-5-12(16-15)9-6-7-10(13)11(14)8-9/h1,6-8,12,16H,3-5,15H2. The smallest absolute Gasteiger partial charge is 0.137 e. The maximum atomic E-state index is 13.3. The van der Waals surface area contributed by atoms with Gasteiger partial charge in [-0.1, -0.05) is 6.07 Å². The first kappa shape index (κ1) is 13.2. The first-order valence-corrected chi connectivity index (χ1v) is 5.83. The number of nitrogens with two attached hydrogens (primary N) is 1. The van der Waals surface area contributed by atoms with E-state index in [-0.39, 0.29) is 11.9 Å². The number of hydrazine groups is 1. The monoisotopic (exact) mass is 284 g/mol. The Morgan fingerprint density at radius 2 is 2.31 bits per heavy atom. The maximum Gasteiger partial charge on any atom is 0.137 e. The van der Waals surface area contributed by atoms with Gasteiger partial charge in [0.2, 0.25) is 0 Å². The van der Waals surface area contributed by atoms with Crippen molar-refractivity contribution in [1.29, 1.82) is 0 Å². The second kappa shape index (κ2) is 6.64. The zero-order valence-corrected chi connectivity index (χ0v) is 10.4. The molecule has 0 aromatic heterocycles. The van der Waals surface area contributed by atoms with Crippen molar-refractivity contribution < 1.29 is 4.39 Å². The van der Waals surface area contributed by atoms with Crippen LogP contribution in [0.2, 0.25) is 0 Å². The van der Waals surface area contributed by atoms with E-state index in [9.17, 15) is 4.39 Å². The minimum Gasteiger partial charge on any atom is -0.271 e. The van der Waals surface area contributed by atoms with Crippen LogP contribution >= 0.6 is 15.9 Å². The molecular formula is C12H14BrFN2. The molecule has 0 aliphatic heterocycles. The lowest BCUT2D eigenvalue weighted by molar-refractivity contribution is 0.498. The van der Waals surface area contributed by atoms with Crippen LogP contribution in [0.4, 0.5) is 4.39 Å². The molecule has 0 amide bonds. The molecule has 0 aliphatic carbocycles. The lowest BCUT2D eigenvalue weighted by Crippen LogP contribution is -2.28. The Kier molecular flexibility index (Phi) is 5.47. The molecule has 16 heavy (non-hydrogen) atoms. The molecule has 86 valence electrons. The molecule has 0 bridgehead atoms. The third-order valence-corrected chi connectivity index (χ3v) is 3.00. The molecule has 0 heterocycles. The Morgan fingerprint density at radius 1 is 1.56 bits per heavy atom. The van der Waals surface area contributed by atoms with Crippen molar-refractivity contribution in [2.24, 2.45) is 5.84 Å². The van der Waals surface area contributed by atoms with Crippen LogP contribution in [0.3, 0.4) is 0 Å². The van der Waals surface area contributed by atoms with Crippen LogP contribution in [-0.2, 0) is 0 Å². The Morgan fingerprint density at radius 3 is 2.88 bits per heavy atom. The largest absolute Gasteiger partial charge is 0.271 e. The van der Waals surface area contributed by atoms with Crippen LogP contribution in [0.15, 0.2) is 22.7 Å². The van der Waals surface area contributed by atoms with Gasteiger partial charge in [-0.2, -0.15) is 0 Å². The van der Waals surface area contributed by atoms with Crippen LogP contribution < -0.4 is 11.3 Å². The quantitative estimate of drug-likeness (QED) is 0.378. The predicted molar refractivity (Wildman–Crippen MR) is 66.8 cm³/mol. The van der Waals surface area contributed by atoms with Crippen molar-refractivity contribution in [2.75, 3.05) is 0 Å². The van der Waals surface area contributed by atoms with Crippen molar-refractivity contribution in [2.45, 2.75) is 25.3 Å². The summed E-state index contributed by atoms with van der Waals surface area (Å²) in [4.78, 5) is 0. The Hall–Kier alpha value is -0.890. The van der Waals surface area contributed by atoms with Crippen molar-refractivity contribution >= 4 is 15.9 Å². The van der Waals surface area contributed by atoms with Crippen molar-refractivity contribution in [1.82, 2.24) is 5.43 Å². The zero-order chi connectivity index (χ0) is 12.0. The number of nitrogens with one attached hydrogen (secondary N) is 1. The summed E-state index contributed by atoms with van der Waals surface area (Å²) in [6.07, 6.45) is 7.53. The third kappa shape index (κ3) is 3.60. The number of halogens is 2. The number of hydrogen-bond acceptors (Lipinski definition) is 2. The van der Waals surface area contributed by atoms with Crippen LogP contribution in [0, 0.1) is 18.2 Å². The Labute approximate surface area is 104 Å². The molecule has 3 N–H and O–H groups in total. The van der Waals surface area contributed by atoms with Crippen LogP contribution in [0.25, 0.3) is 0 Å². The summed E-state index contributed by atoms with van der Waals surface area (Å²) in [5, 5.41) is 0. The van der Waals surface area contributed by atoms with E-state index in [1.165, 1.54) is 6.07 Å². The molecule has 0 saturated carbocycles. The number of rotatable bonds is 5. The van der Waals surface area contributed by atoms with Gasteiger partial charge in [0.1, 0.15) is 5.82 Å². The third-order valence-electron chi connectivity index (χ3n) is 2.36. The summed E-state index contributed by atoms with van der Waals surface area (Å²) < 4.78 is 13.8. The summed E-state index contributed by atoms with van der Waals surface area (Å²) in [5.41, 5.74) is 3.51. The SMILES string of the molecule is C#CCCCC(NN)c1ccc(Br)c(F)c1. The average Bonchev–Trinajstić information content (AvgIpc) is 2.29. The van der Waals surface area contributed by atoms with Crippen molar-refractivity contribution in [3.8, 4) is 12.3 Å². The lowest BCUT2D eigenvalue weighted by Gasteiger charge is -2.16. The van der Waals surface area contributed by atoms with E-state index in [0.29, 0.717) is 10.9 Å². The summed E-state index contributed by atoms with van der Waals surface area (Å²) in [7, 11) is 0. The zero-order valence-electron chi connectivity index (χ0n) is 8.84. The molecule has 1 aromatic carbocycles. The second-order valence-electron chi connectivity index (χ2n) is 3.49. The van der Waals surface area contributed by atoms with E-state index in [2.05, 4.69) is 27.3 Å². The fourth-order valence-corrected chi connectivity index (χ4v) is 1.73. The highest BCUT2D eigenvalue weighted by atomic mass is 79.9. The molecule has 1 unspecified atom stereocenters. The van der Waals surface area contributed by atoms with E-state index in [4.69, 9.17) is 12.3 Å². The predicted octanol–water partition coefficient (Wildman–Crippen LogP) is 2.90. The summed E-state index contributed by atoms with van der Waals surface area (Å²) in [6, 6.07) is 4.93. The van der Waals surface area contributed by atoms with E-state index in [0.717, 1.165) is 18.4 Å². The molecular weight excluding hydrogens is 271 g/mol. The minimum absolute atomic E-state index is 0.0593. The molecule has 0 aliphatic rings. The maximum absolute atomic E-state index is 13.3. The Balaban J connectivity index is 2.71. The first-order chi connectivity index (χ1) is 7.69. The minimum atomic E-state index is -0.283. The number of benzene rings is 1. The molecule has 1 aromatic rings. The summed E-state index contributed by atoms with van der Waals surface area (Å²) in [6.45, 7) is 0. The number of terminal acetylenes is 1. The number of unbranched alkanes of at least 4 members (excludes halogenated alkanes) is 1. The summed E-state index contributed by atoms with van der Waals surface area (Å²) >= 11 is 3.11. The normalized spacial score (nSPS) is 12.1. The molecule has 2 nitrogen and oxygen atoms in total. The highest BCUT2D eigenvalue weighted by Gasteiger charge is 2.11. The van der Waals surface area contributed by atoms with Crippen LogP contribution in [0.5, 0.6) is 0 Å². The topological polar surface area (TPSA) is 38.0 Å². The van der Waals surface area contributed by atoms with E-state index in [1.807, 2.05) is 6.07 Å². The van der Waals surface area contributed by atoms with Gasteiger partial charge in [-0.15, -0.1) is 12.3 Å². The highest BCUT2D eigenvalue weighted by molar-refractivity contribution is 9.10. The average molecular weight is 285 g/mol. The second-order valence-corrected chi connectivity index (χ2v) is 4.34. The number of hydrogen-bond donors (Lipinski definition) is 2. The molecule has 0 fully saturated rings. The van der Waals surface area contributed by atoms with Gasteiger partial charge in [-0.3, -0.25) is 11.3 Å². The first-order valence-electron chi connectivity index (χ1n) is 5.03. The molecule has 1 atom stereocenters. The van der Waals surface area contributed by atoms with Gasteiger partial charge >= 0.3 is 0 Å². The highest BCUT2D eigenvalue weighted by Crippen LogP contribution is 2.23. The van der Waals surface area contributed by atoms with Crippen molar-refractivity contribution in [3.05, 3.63) is 34.1 Å². The van der Waals surface area contributed by atoms with Crippen molar-refractivity contribution in [3.63, 3.8) is 0 Å². The van der Waals surface area contributed by atoms with E-state index >= 15 is 0 Å². The summed E-state index contributed by atoms with van der Waals surface area (Å²) in [5.74, 6) is 7.73. The van der Waals surface area contributed by atoms with Gasteiger partial charge in [-0.05, 0) is 46.5 Å². The molecule has 0 spiro atoms. The molecule has 1 rings (SSSR count). The van der Waals surface area contributed by atoms with Gasteiger partial charge in [0.05, 0.1) is 4.47 Å². The lowest BCUT2D eigenvalue weighted by atomic mass is 10.0. The fourth-order valence-electron chi connectivity index (χ4n) is 1.48. The van der Waals surface area contributed by atoms with Crippen LogP contribution in [0.1, 0.15) is 30.9 Å². The van der Waals surface area contributed by atoms with Gasteiger partial charge in [0, 0.05) is 12.5 Å². The molecule has 0 radical (unpaired) electrons. The fraction of sp³-hybridized carbons (Fsp3) is 0.333. The van der Waals surface area contributed by atoms with E-state index < -0.39 is 0 Å². The Bertz CT molecular complexity index is 387.